The van der Waals surface area contributed by atoms with Crippen LogP contribution in [-0.4, -0.2) is 46.7 Å². The highest BCUT2D eigenvalue weighted by Gasteiger charge is 2.17. The average Bonchev–Trinajstić information content (AvgIpc) is 2.02. The van der Waals surface area contributed by atoms with Gasteiger partial charge in [0.25, 0.3) is 0 Å². The van der Waals surface area contributed by atoms with Gasteiger partial charge in [-0.1, -0.05) is 0 Å². The highest BCUT2D eigenvalue weighted by atomic mass is 16.6. The van der Waals surface area contributed by atoms with Crippen molar-refractivity contribution in [1.29, 1.82) is 0 Å². The molecule has 0 aliphatic heterocycles. The molecule has 0 fully saturated rings. The number of carbonyl (C=O) groups is 1. The summed E-state index contributed by atoms with van der Waals surface area (Å²) >= 11 is 0. The quantitative estimate of drug-likeness (QED) is 0.429. The van der Waals surface area contributed by atoms with Gasteiger partial charge in [0.15, 0.2) is 6.10 Å². The zero-order valence-electron chi connectivity index (χ0n) is 6.23. The van der Waals surface area contributed by atoms with Crippen LogP contribution in [0.2, 0.25) is 0 Å². The van der Waals surface area contributed by atoms with Gasteiger partial charge in [-0.3, -0.25) is 0 Å². The number of rotatable bonds is 4. The normalized spacial score (nSPS) is 15.6. The second kappa shape index (κ2) is 5.06. The molecule has 0 bridgehead atoms. The fraction of sp³-hybridized carbons (Fsp3) is 0.833. The van der Waals surface area contributed by atoms with Crippen LogP contribution in [0.4, 0.5) is 0 Å². The Kier molecular flexibility index (Phi) is 4.76. The van der Waals surface area contributed by atoms with E-state index in [-0.39, 0.29) is 6.61 Å². The van der Waals surface area contributed by atoms with Gasteiger partial charge < -0.3 is 20.1 Å². The van der Waals surface area contributed by atoms with Gasteiger partial charge in [-0.05, 0) is 6.92 Å². The summed E-state index contributed by atoms with van der Waals surface area (Å²) in [6.07, 6.45) is -2.16. The first-order valence-electron chi connectivity index (χ1n) is 3.22. The molecule has 0 spiro atoms. The van der Waals surface area contributed by atoms with Crippen molar-refractivity contribution < 1.29 is 24.9 Å². The predicted molar refractivity (Wildman–Crippen MR) is 35.7 cm³/mol. The van der Waals surface area contributed by atoms with Gasteiger partial charge in [0.05, 0.1) is 13.2 Å². The Morgan fingerprint density at radius 1 is 1.45 bits per heavy atom. The first kappa shape index (κ1) is 10.3. The Balaban J connectivity index is 3.68. The largest absolute Gasteiger partial charge is 0.458 e. The number of aliphatic hydroxyl groups is 3. The van der Waals surface area contributed by atoms with Crippen molar-refractivity contribution in [2.24, 2.45) is 0 Å². The lowest BCUT2D eigenvalue weighted by molar-refractivity contribution is -0.161. The Bertz CT molecular complexity index is 124. The van der Waals surface area contributed by atoms with E-state index in [1.165, 1.54) is 6.92 Å². The maximum atomic E-state index is 10.6. The number of carbonyl (C=O) groups excluding carboxylic acids is 1. The average molecular weight is 164 g/mol. The van der Waals surface area contributed by atoms with Crippen LogP contribution in [0.3, 0.4) is 0 Å². The molecule has 3 N–H and O–H groups in total. The van der Waals surface area contributed by atoms with Crippen LogP contribution in [0.25, 0.3) is 0 Å². The number of aliphatic hydroxyl groups excluding tert-OH is 3. The molecule has 0 aromatic carbocycles. The van der Waals surface area contributed by atoms with Gasteiger partial charge >= 0.3 is 5.97 Å². The molecule has 2 unspecified atom stereocenters. The third-order valence-corrected chi connectivity index (χ3v) is 1.02. The molecular weight excluding hydrogens is 152 g/mol. The third kappa shape index (κ3) is 3.92. The molecule has 0 saturated heterocycles. The van der Waals surface area contributed by atoms with Crippen LogP contribution in [0.1, 0.15) is 6.92 Å². The maximum Gasteiger partial charge on any atom is 0.337 e. The van der Waals surface area contributed by atoms with Crippen molar-refractivity contribution >= 4 is 5.97 Å². The summed E-state index contributed by atoms with van der Waals surface area (Å²) in [6.45, 7) is 0.503. The van der Waals surface area contributed by atoms with E-state index in [9.17, 15) is 4.79 Å². The van der Waals surface area contributed by atoms with E-state index in [4.69, 9.17) is 15.3 Å². The van der Waals surface area contributed by atoms with E-state index in [0.717, 1.165) is 0 Å². The van der Waals surface area contributed by atoms with Crippen LogP contribution in [0.5, 0.6) is 0 Å². The summed E-state index contributed by atoms with van der Waals surface area (Å²) in [7, 11) is 0. The van der Waals surface area contributed by atoms with Gasteiger partial charge in [-0.15, -0.1) is 0 Å². The first-order valence-corrected chi connectivity index (χ1v) is 3.22. The Labute approximate surface area is 64.2 Å². The standard InChI is InChI=1S/C6H12O5/c1-4(2-7)11-6(10)5(9)3-8/h4-5,7-9H,2-3H2,1H3. The van der Waals surface area contributed by atoms with Crippen molar-refractivity contribution in [3.05, 3.63) is 0 Å². The Morgan fingerprint density at radius 2 is 2.00 bits per heavy atom. The van der Waals surface area contributed by atoms with Gasteiger partial charge in [0.2, 0.25) is 0 Å². The molecule has 0 amide bonds. The van der Waals surface area contributed by atoms with E-state index in [1.807, 2.05) is 0 Å². The maximum absolute atomic E-state index is 10.6. The SMILES string of the molecule is CC(CO)OC(=O)C(O)CO. The molecule has 66 valence electrons. The number of hydrogen-bond donors (Lipinski definition) is 3. The van der Waals surface area contributed by atoms with Gasteiger partial charge in [-0.2, -0.15) is 0 Å². The van der Waals surface area contributed by atoms with Crippen LogP contribution < -0.4 is 0 Å². The number of hydrogen-bond acceptors (Lipinski definition) is 5. The van der Waals surface area contributed by atoms with E-state index in [2.05, 4.69) is 4.74 Å². The highest BCUT2D eigenvalue weighted by Crippen LogP contribution is 1.93. The van der Waals surface area contributed by atoms with Crippen molar-refractivity contribution in [3.63, 3.8) is 0 Å². The lowest BCUT2D eigenvalue weighted by Crippen LogP contribution is -2.30. The minimum atomic E-state index is -1.51. The molecule has 2 atom stereocenters. The molecule has 0 heterocycles. The van der Waals surface area contributed by atoms with E-state index in [1.54, 1.807) is 0 Å². The molecule has 0 aliphatic rings. The van der Waals surface area contributed by atoms with Crippen LogP contribution in [0, 0.1) is 0 Å². The molecule has 0 aromatic heterocycles. The van der Waals surface area contributed by atoms with Gasteiger partial charge in [-0.25, -0.2) is 4.79 Å². The van der Waals surface area contributed by atoms with Crippen molar-refractivity contribution in [2.75, 3.05) is 13.2 Å². The van der Waals surface area contributed by atoms with Crippen molar-refractivity contribution in [2.45, 2.75) is 19.1 Å². The monoisotopic (exact) mass is 164 g/mol. The molecule has 0 radical (unpaired) electrons. The topological polar surface area (TPSA) is 87.0 Å². The van der Waals surface area contributed by atoms with E-state index >= 15 is 0 Å². The fourth-order valence-corrected chi connectivity index (χ4v) is 0.389. The summed E-state index contributed by atoms with van der Waals surface area (Å²) < 4.78 is 4.45. The molecule has 11 heavy (non-hydrogen) atoms. The molecule has 0 saturated carbocycles. The summed E-state index contributed by atoms with van der Waals surface area (Å²) in [6, 6.07) is 0. The number of esters is 1. The third-order valence-electron chi connectivity index (χ3n) is 1.02. The molecule has 5 heteroatoms. The molecule has 5 nitrogen and oxygen atoms in total. The second-order valence-corrected chi connectivity index (χ2v) is 2.13. The van der Waals surface area contributed by atoms with E-state index in [0.29, 0.717) is 0 Å². The smallest absolute Gasteiger partial charge is 0.337 e. The van der Waals surface area contributed by atoms with Crippen molar-refractivity contribution in [3.8, 4) is 0 Å². The first-order chi connectivity index (χ1) is 5.11. The van der Waals surface area contributed by atoms with Crippen LogP contribution >= 0.6 is 0 Å². The van der Waals surface area contributed by atoms with Crippen LogP contribution in [-0.2, 0) is 9.53 Å². The minimum absolute atomic E-state index is 0.302. The highest BCUT2D eigenvalue weighted by molar-refractivity contribution is 5.74. The molecule has 0 aliphatic carbocycles. The molecule has 0 rings (SSSR count). The predicted octanol–water partition coefficient (Wildman–Crippen LogP) is -1.74. The number of ether oxygens (including phenoxy) is 1. The van der Waals surface area contributed by atoms with E-state index < -0.39 is 24.8 Å². The second-order valence-electron chi connectivity index (χ2n) is 2.13. The summed E-state index contributed by atoms with van der Waals surface area (Å²) in [5.74, 6) is -0.922. The lowest BCUT2D eigenvalue weighted by atomic mass is 10.4. The van der Waals surface area contributed by atoms with Crippen LogP contribution in [0.15, 0.2) is 0 Å². The Hall–Kier alpha value is -0.650. The van der Waals surface area contributed by atoms with Crippen molar-refractivity contribution in [1.82, 2.24) is 0 Å². The van der Waals surface area contributed by atoms with Gasteiger partial charge in [0, 0.05) is 0 Å². The molecular formula is C6H12O5. The fourth-order valence-electron chi connectivity index (χ4n) is 0.389. The zero-order chi connectivity index (χ0) is 8.85. The zero-order valence-corrected chi connectivity index (χ0v) is 6.23. The lowest BCUT2D eigenvalue weighted by Gasteiger charge is -2.12. The molecule has 0 aromatic rings. The van der Waals surface area contributed by atoms with Gasteiger partial charge in [0.1, 0.15) is 6.10 Å². The Morgan fingerprint density at radius 3 is 2.36 bits per heavy atom. The summed E-state index contributed by atoms with van der Waals surface area (Å²) in [4.78, 5) is 10.6. The summed E-state index contributed by atoms with van der Waals surface area (Å²) in [5.41, 5.74) is 0. The summed E-state index contributed by atoms with van der Waals surface area (Å²) in [5, 5.41) is 25.4. The minimum Gasteiger partial charge on any atom is -0.458 e.